The Labute approximate surface area is 118 Å². The summed E-state index contributed by atoms with van der Waals surface area (Å²) in [7, 11) is 0. The van der Waals surface area contributed by atoms with Crippen LogP contribution in [0.5, 0.6) is 0 Å². The van der Waals surface area contributed by atoms with Crippen LogP contribution in [0.15, 0.2) is 24.4 Å². The number of hydrogen-bond acceptors (Lipinski definition) is 4. The lowest BCUT2D eigenvalue weighted by Gasteiger charge is -2.38. The third-order valence-corrected chi connectivity index (χ3v) is 3.48. The van der Waals surface area contributed by atoms with Crippen LogP contribution in [-0.4, -0.2) is 44.1 Å². The van der Waals surface area contributed by atoms with E-state index in [1.54, 1.807) is 0 Å². The van der Waals surface area contributed by atoms with Gasteiger partial charge in [0, 0.05) is 25.2 Å². The van der Waals surface area contributed by atoms with E-state index in [1.807, 2.05) is 4.90 Å². The van der Waals surface area contributed by atoms with Gasteiger partial charge in [0.15, 0.2) is 5.69 Å². The second kappa shape index (κ2) is 5.21. The maximum atomic E-state index is 13.5. The standard InChI is InChI=1S/C13H12F2N4O2/c14-10-2-1-3-11(15)9(10)6-18-4-8(5-18)19-7-12(13(20)21)16-17-19/h1-3,7-8H,4-6H2,(H,20,21). The number of carbonyl (C=O) groups is 1. The molecule has 8 heteroatoms. The molecule has 1 N–H and O–H groups in total. The first kappa shape index (κ1) is 13.6. The second-order valence-electron chi connectivity index (χ2n) is 4.94. The predicted molar refractivity (Wildman–Crippen MR) is 67.7 cm³/mol. The van der Waals surface area contributed by atoms with E-state index in [9.17, 15) is 13.6 Å². The highest BCUT2D eigenvalue weighted by atomic mass is 19.1. The van der Waals surface area contributed by atoms with Gasteiger partial charge in [-0.2, -0.15) is 0 Å². The Morgan fingerprint density at radius 3 is 2.57 bits per heavy atom. The lowest BCUT2D eigenvalue weighted by Crippen LogP contribution is -2.47. The predicted octanol–water partition coefficient (Wildman–Crippen LogP) is 1.31. The van der Waals surface area contributed by atoms with Gasteiger partial charge in [-0.25, -0.2) is 18.3 Å². The van der Waals surface area contributed by atoms with Crippen molar-refractivity contribution in [2.45, 2.75) is 12.6 Å². The highest BCUT2D eigenvalue weighted by Gasteiger charge is 2.30. The number of aromatic carboxylic acids is 1. The molecule has 0 atom stereocenters. The minimum absolute atomic E-state index is 0.0274. The second-order valence-corrected chi connectivity index (χ2v) is 4.94. The summed E-state index contributed by atoms with van der Waals surface area (Å²) in [6.07, 6.45) is 1.36. The quantitative estimate of drug-likeness (QED) is 0.920. The molecule has 1 aliphatic rings. The minimum atomic E-state index is -1.13. The van der Waals surface area contributed by atoms with E-state index in [0.717, 1.165) is 0 Å². The van der Waals surface area contributed by atoms with Gasteiger partial charge < -0.3 is 5.11 Å². The van der Waals surface area contributed by atoms with Crippen LogP contribution in [0, 0.1) is 11.6 Å². The van der Waals surface area contributed by atoms with Crippen molar-refractivity contribution < 1.29 is 18.7 Å². The first-order chi connectivity index (χ1) is 10.0. The van der Waals surface area contributed by atoms with Crippen LogP contribution >= 0.6 is 0 Å². The molecule has 1 saturated heterocycles. The molecule has 0 saturated carbocycles. The third-order valence-electron chi connectivity index (χ3n) is 3.48. The number of hydrogen-bond donors (Lipinski definition) is 1. The number of aromatic nitrogens is 3. The molecule has 0 bridgehead atoms. The Kier molecular flexibility index (Phi) is 3.38. The average molecular weight is 294 g/mol. The van der Waals surface area contributed by atoms with E-state index in [1.165, 1.54) is 29.1 Å². The molecule has 2 aromatic rings. The molecule has 0 radical (unpaired) electrons. The number of carboxylic acids is 1. The molecule has 0 amide bonds. The van der Waals surface area contributed by atoms with Gasteiger partial charge in [-0.15, -0.1) is 5.10 Å². The van der Waals surface area contributed by atoms with Crippen molar-refractivity contribution in [3.63, 3.8) is 0 Å². The summed E-state index contributed by atoms with van der Waals surface area (Å²) in [4.78, 5) is 12.6. The molecule has 0 spiro atoms. The van der Waals surface area contributed by atoms with Crippen LogP contribution in [0.4, 0.5) is 8.78 Å². The van der Waals surface area contributed by atoms with E-state index >= 15 is 0 Å². The Morgan fingerprint density at radius 2 is 2.00 bits per heavy atom. The van der Waals surface area contributed by atoms with E-state index in [0.29, 0.717) is 13.1 Å². The summed E-state index contributed by atoms with van der Waals surface area (Å²) in [5.41, 5.74) is -0.0747. The number of halogens is 2. The molecule has 1 fully saturated rings. The van der Waals surface area contributed by atoms with Gasteiger partial charge in [-0.3, -0.25) is 4.90 Å². The maximum Gasteiger partial charge on any atom is 0.358 e. The summed E-state index contributed by atoms with van der Waals surface area (Å²) in [5.74, 6) is -2.26. The van der Waals surface area contributed by atoms with Gasteiger partial charge in [-0.1, -0.05) is 11.3 Å². The molecule has 6 nitrogen and oxygen atoms in total. The lowest BCUT2D eigenvalue weighted by molar-refractivity contribution is 0.0689. The Hall–Kier alpha value is -2.35. The number of carboxylic acid groups (broad SMARTS) is 1. The molecule has 0 aliphatic carbocycles. The molecule has 3 rings (SSSR count). The minimum Gasteiger partial charge on any atom is -0.476 e. The number of likely N-dealkylation sites (tertiary alicyclic amines) is 1. The molecule has 0 unspecified atom stereocenters. The molecule has 1 aliphatic heterocycles. The van der Waals surface area contributed by atoms with Crippen molar-refractivity contribution in [1.29, 1.82) is 0 Å². The van der Waals surface area contributed by atoms with Crippen molar-refractivity contribution >= 4 is 5.97 Å². The Bertz CT molecular complexity index is 662. The van der Waals surface area contributed by atoms with Gasteiger partial charge in [-0.05, 0) is 12.1 Å². The molecule has 110 valence electrons. The fourth-order valence-corrected chi connectivity index (χ4v) is 2.30. The SMILES string of the molecule is O=C(O)c1cn(C2CN(Cc3c(F)cccc3F)C2)nn1. The first-order valence-corrected chi connectivity index (χ1v) is 6.35. The Morgan fingerprint density at radius 1 is 1.33 bits per heavy atom. The number of rotatable bonds is 4. The van der Waals surface area contributed by atoms with Gasteiger partial charge in [0.1, 0.15) is 11.6 Å². The molecule has 1 aromatic carbocycles. The van der Waals surface area contributed by atoms with Crippen molar-refractivity contribution in [2.75, 3.05) is 13.1 Å². The third kappa shape index (κ3) is 2.62. The lowest BCUT2D eigenvalue weighted by atomic mass is 10.1. The monoisotopic (exact) mass is 294 g/mol. The zero-order valence-electron chi connectivity index (χ0n) is 10.9. The van der Waals surface area contributed by atoms with Crippen molar-refractivity contribution in [3.05, 3.63) is 47.3 Å². The normalized spacial score (nSPS) is 15.9. The van der Waals surface area contributed by atoms with Crippen molar-refractivity contribution in [1.82, 2.24) is 19.9 Å². The van der Waals surface area contributed by atoms with E-state index < -0.39 is 17.6 Å². The van der Waals surface area contributed by atoms with Crippen LogP contribution in [0.25, 0.3) is 0 Å². The van der Waals surface area contributed by atoms with Crippen LogP contribution in [0.2, 0.25) is 0 Å². The summed E-state index contributed by atoms with van der Waals surface area (Å²) >= 11 is 0. The summed E-state index contributed by atoms with van der Waals surface area (Å²) in [6.45, 7) is 1.25. The van der Waals surface area contributed by atoms with E-state index in [-0.39, 0.29) is 23.8 Å². The number of nitrogens with zero attached hydrogens (tertiary/aromatic N) is 4. The zero-order chi connectivity index (χ0) is 15.0. The zero-order valence-corrected chi connectivity index (χ0v) is 10.9. The van der Waals surface area contributed by atoms with Crippen LogP contribution < -0.4 is 0 Å². The van der Waals surface area contributed by atoms with Crippen LogP contribution in [0.3, 0.4) is 0 Å². The van der Waals surface area contributed by atoms with Gasteiger partial charge >= 0.3 is 5.97 Å². The highest BCUT2D eigenvalue weighted by Crippen LogP contribution is 2.24. The van der Waals surface area contributed by atoms with E-state index in [2.05, 4.69) is 10.3 Å². The van der Waals surface area contributed by atoms with Gasteiger partial charge in [0.25, 0.3) is 0 Å². The van der Waals surface area contributed by atoms with Gasteiger partial charge in [0.2, 0.25) is 0 Å². The van der Waals surface area contributed by atoms with Crippen LogP contribution in [-0.2, 0) is 6.54 Å². The molecule has 2 heterocycles. The molecular weight excluding hydrogens is 282 g/mol. The summed E-state index contributed by atoms with van der Waals surface area (Å²) < 4.78 is 28.5. The first-order valence-electron chi connectivity index (χ1n) is 6.35. The fraction of sp³-hybridized carbons (Fsp3) is 0.308. The highest BCUT2D eigenvalue weighted by molar-refractivity contribution is 5.84. The topological polar surface area (TPSA) is 71.2 Å². The molecule has 21 heavy (non-hydrogen) atoms. The van der Waals surface area contributed by atoms with Crippen molar-refractivity contribution in [3.8, 4) is 0 Å². The number of benzene rings is 1. The van der Waals surface area contributed by atoms with Gasteiger partial charge in [0.05, 0.1) is 12.2 Å². The van der Waals surface area contributed by atoms with Crippen molar-refractivity contribution in [2.24, 2.45) is 0 Å². The maximum absolute atomic E-state index is 13.5. The molecule has 1 aromatic heterocycles. The largest absolute Gasteiger partial charge is 0.476 e. The molecular formula is C13H12F2N4O2. The smallest absolute Gasteiger partial charge is 0.358 e. The summed E-state index contributed by atoms with van der Waals surface area (Å²) in [5, 5.41) is 16.0. The van der Waals surface area contributed by atoms with E-state index in [4.69, 9.17) is 5.11 Å². The average Bonchev–Trinajstić information content (AvgIpc) is 2.85. The summed E-state index contributed by atoms with van der Waals surface area (Å²) in [6, 6.07) is 3.76. The van der Waals surface area contributed by atoms with Crippen LogP contribution in [0.1, 0.15) is 22.1 Å². The Balaban J connectivity index is 1.62. The fourth-order valence-electron chi connectivity index (χ4n) is 2.30.